The fourth-order valence-corrected chi connectivity index (χ4v) is 2.14. The second kappa shape index (κ2) is 5.24. The van der Waals surface area contributed by atoms with E-state index in [1.807, 2.05) is 0 Å². The van der Waals surface area contributed by atoms with Crippen LogP contribution >= 0.6 is 0 Å². The number of carbonyl (C=O) groups excluding carboxylic acids is 1. The van der Waals surface area contributed by atoms with E-state index in [9.17, 15) is 4.79 Å². The summed E-state index contributed by atoms with van der Waals surface area (Å²) in [5.41, 5.74) is 0.804. The van der Waals surface area contributed by atoms with Crippen molar-refractivity contribution in [3.8, 4) is 0 Å². The molecule has 2 aromatic rings. The lowest BCUT2D eigenvalue weighted by atomic mass is 10.2. The van der Waals surface area contributed by atoms with Crippen LogP contribution in [0.15, 0.2) is 23.1 Å². The monoisotopic (exact) mass is 274 g/mol. The van der Waals surface area contributed by atoms with E-state index in [1.165, 1.54) is 0 Å². The molecule has 20 heavy (non-hydrogen) atoms. The minimum Gasteiger partial charge on any atom is -0.337 e. The summed E-state index contributed by atoms with van der Waals surface area (Å²) >= 11 is 0. The van der Waals surface area contributed by atoms with Gasteiger partial charge in [0.2, 0.25) is 5.95 Å². The number of aromatic nitrogens is 4. The van der Waals surface area contributed by atoms with E-state index in [2.05, 4.69) is 29.8 Å². The number of carbonyl (C=O) groups is 1. The number of amides is 1. The molecule has 0 aliphatic carbocycles. The number of hydrogen-bond donors (Lipinski definition) is 0. The van der Waals surface area contributed by atoms with E-state index in [0.717, 1.165) is 0 Å². The van der Waals surface area contributed by atoms with Gasteiger partial charge in [-0.2, -0.15) is 0 Å². The smallest absolute Gasteiger partial charge is 0.278 e. The highest BCUT2D eigenvalue weighted by atomic mass is 16.6. The quantitative estimate of drug-likeness (QED) is 0.769. The molecule has 2 aromatic heterocycles. The topological polar surface area (TPSA) is 88.3 Å². The normalized spacial score (nSPS) is 15.4. The Balaban J connectivity index is 1.64. The SMILES string of the molecule is Cc1nonc1C(=O)N1CCN(c2ncccn2)CC1. The van der Waals surface area contributed by atoms with Crippen molar-refractivity contribution in [2.24, 2.45) is 0 Å². The summed E-state index contributed by atoms with van der Waals surface area (Å²) in [4.78, 5) is 24.5. The molecule has 104 valence electrons. The van der Waals surface area contributed by atoms with Gasteiger partial charge < -0.3 is 9.80 Å². The minimum atomic E-state index is -0.141. The summed E-state index contributed by atoms with van der Waals surface area (Å²) in [6.07, 6.45) is 3.43. The van der Waals surface area contributed by atoms with E-state index >= 15 is 0 Å². The largest absolute Gasteiger partial charge is 0.337 e. The van der Waals surface area contributed by atoms with Crippen molar-refractivity contribution < 1.29 is 9.42 Å². The molecule has 0 aromatic carbocycles. The number of piperazine rings is 1. The molecule has 0 saturated carbocycles. The van der Waals surface area contributed by atoms with Crippen molar-refractivity contribution in [3.63, 3.8) is 0 Å². The molecule has 0 N–H and O–H groups in total. The maximum absolute atomic E-state index is 12.2. The van der Waals surface area contributed by atoms with E-state index in [0.29, 0.717) is 37.8 Å². The summed E-state index contributed by atoms with van der Waals surface area (Å²) < 4.78 is 4.57. The van der Waals surface area contributed by atoms with Gasteiger partial charge in [-0.25, -0.2) is 14.6 Å². The van der Waals surface area contributed by atoms with Gasteiger partial charge in [0.25, 0.3) is 5.91 Å². The molecular weight excluding hydrogens is 260 g/mol. The highest BCUT2D eigenvalue weighted by Crippen LogP contribution is 2.12. The van der Waals surface area contributed by atoms with Gasteiger partial charge in [0.15, 0.2) is 5.69 Å². The summed E-state index contributed by atoms with van der Waals surface area (Å²) in [6, 6.07) is 1.78. The Morgan fingerprint density at radius 3 is 2.45 bits per heavy atom. The molecule has 8 nitrogen and oxygen atoms in total. The maximum atomic E-state index is 12.2. The number of rotatable bonds is 2. The first-order valence-electron chi connectivity index (χ1n) is 6.36. The Morgan fingerprint density at radius 1 is 1.15 bits per heavy atom. The van der Waals surface area contributed by atoms with Gasteiger partial charge in [-0.1, -0.05) is 5.16 Å². The Bertz CT molecular complexity index is 591. The molecule has 0 bridgehead atoms. The first-order chi connectivity index (χ1) is 9.75. The second-order valence-corrected chi connectivity index (χ2v) is 4.53. The Morgan fingerprint density at radius 2 is 1.85 bits per heavy atom. The lowest BCUT2D eigenvalue weighted by Crippen LogP contribution is -2.49. The van der Waals surface area contributed by atoms with Crippen LogP contribution in [0.4, 0.5) is 5.95 Å². The molecule has 3 rings (SSSR count). The molecule has 3 heterocycles. The fraction of sp³-hybridized carbons (Fsp3) is 0.417. The third kappa shape index (κ3) is 2.31. The first-order valence-corrected chi connectivity index (χ1v) is 6.36. The Labute approximate surface area is 115 Å². The Kier molecular flexibility index (Phi) is 3.28. The summed E-state index contributed by atoms with van der Waals surface area (Å²) in [7, 11) is 0. The fourth-order valence-electron chi connectivity index (χ4n) is 2.14. The third-order valence-corrected chi connectivity index (χ3v) is 3.26. The predicted molar refractivity (Wildman–Crippen MR) is 69.2 cm³/mol. The lowest BCUT2D eigenvalue weighted by molar-refractivity contribution is 0.0734. The van der Waals surface area contributed by atoms with E-state index in [-0.39, 0.29) is 11.6 Å². The van der Waals surface area contributed by atoms with E-state index in [1.54, 1.807) is 30.3 Å². The molecule has 1 amide bonds. The number of anilines is 1. The van der Waals surface area contributed by atoms with Gasteiger partial charge in [0.1, 0.15) is 5.69 Å². The van der Waals surface area contributed by atoms with E-state index in [4.69, 9.17) is 0 Å². The average Bonchev–Trinajstić information content (AvgIpc) is 2.94. The maximum Gasteiger partial charge on any atom is 0.278 e. The van der Waals surface area contributed by atoms with Crippen molar-refractivity contribution in [1.29, 1.82) is 0 Å². The van der Waals surface area contributed by atoms with Crippen molar-refractivity contribution in [2.75, 3.05) is 31.1 Å². The zero-order valence-electron chi connectivity index (χ0n) is 11.1. The van der Waals surface area contributed by atoms with Crippen molar-refractivity contribution >= 4 is 11.9 Å². The standard InChI is InChI=1S/C12H14N6O2/c1-9-10(16-20-15-9)11(19)17-5-7-18(8-6-17)12-13-3-2-4-14-12/h2-4H,5-8H2,1H3. The molecule has 0 radical (unpaired) electrons. The zero-order chi connectivity index (χ0) is 13.9. The molecule has 1 aliphatic rings. The van der Waals surface area contributed by atoms with Gasteiger partial charge in [0.05, 0.1) is 0 Å². The van der Waals surface area contributed by atoms with Crippen LogP contribution < -0.4 is 4.90 Å². The number of nitrogens with zero attached hydrogens (tertiary/aromatic N) is 6. The van der Waals surface area contributed by atoms with Crippen LogP contribution in [0.25, 0.3) is 0 Å². The van der Waals surface area contributed by atoms with Gasteiger partial charge >= 0.3 is 0 Å². The van der Waals surface area contributed by atoms with Gasteiger partial charge in [-0.05, 0) is 18.1 Å². The minimum absolute atomic E-state index is 0.141. The molecule has 1 aliphatic heterocycles. The predicted octanol–water partition coefficient (Wildman–Crippen LogP) is 0.130. The molecular formula is C12H14N6O2. The van der Waals surface area contributed by atoms with Gasteiger partial charge in [-0.15, -0.1) is 0 Å². The first kappa shape index (κ1) is 12.5. The number of hydrogen-bond acceptors (Lipinski definition) is 7. The van der Waals surface area contributed by atoms with Crippen molar-refractivity contribution in [1.82, 2.24) is 25.2 Å². The van der Waals surface area contributed by atoms with E-state index < -0.39 is 0 Å². The van der Waals surface area contributed by atoms with Crippen LogP contribution in [0, 0.1) is 6.92 Å². The molecule has 1 fully saturated rings. The highest BCUT2D eigenvalue weighted by molar-refractivity contribution is 5.93. The Hall–Kier alpha value is -2.51. The van der Waals surface area contributed by atoms with Crippen LogP contribution in [0.2, 0.25) is 0 Å². The molecule has 0 atom stereocenters. The average molecular weight is 274 g/mol. The summed E-state index contributed by atoms with van der Waals surface area (Å²) in [5.74, 6) is 0.552. The van der Waals surface area contributed by atoms with Crippen molar-refractivity contribution in [2.45, 2.75) is 6.92 Å². The van der Waals surface area contributed by atoms with Crippen molar-refractivity contribution in [3.05, 3.63) is 29.8 Å². The van der Waals surface area contributed by atoms with Crippen LogP contribution in [0.1, 0.15) is 16.2 Å². The zero-order valence-corrected chi connectivity index (χ0v) is 11.1. The lowest BCUT2D eigenvalue weighted by Gasteiger charge is -2.34. The molecule has 0 spiro atoms. The molecule has 8 heteroatoms. The van der Waals surface area contributed by atoms with Crippen LogP contribution in [-0.2, 0) is 0 Å². The van der Waals surface area contributed by atoms with Crippen LogP contribution in [-0.4, -0.2) is 57.3 Å². The molecule has 0 unspecified atom stereocenters. The van der Waals surface area contributed by atoms with Gasteiger partial charge in [0, 0.05) is 38.6 Å². The summed E-state index contributed by atoms with van der Waals surface area (Å²) in [5, 5.41) is 7.28. The molecule has 1 saturated heterocycles. The highest BCUT2D eigenvalue weighted by Gasteiger charge is 2.26. The van der Waals surface area contributed by atoms with Gasteiger partial charge in [-0.3, -0.25) is 4.79 Å². The third-order valence-electron chi connectivity index (χ3n) is 3.26. The van der Waals surface area contributed by atoms with Crippen LogP contribution in [0.3, 0.4) is 0 Å². The summed E-state index contributed by atoms with van der Waals surface area (Å²) in [6.45, 7) is 4.30. The number of aryl methyl sites for hydroxylation is 1. The second-order valence-electron chi connectivity index (χ2n) is 4.53. The van der Waals surface area contributed by atoms with Crippen LogP contribution in [0.5, 0.6) is 0 Å².